The van der Waals surface area contributed by atoms with E-state index in [2.05, 4.69) is 24.8 Å². The largest absolute Gasteiger partial charge is 0.349 e. The van der Waals surface area contributed by atoms with Crippen molar-refractivity contribution in [3.8, 4) is 0 Å². The molecule has 7 nitrogen and oxygen atoms in total. The smallest absolute Gasteiger partial charge is 0.225 e. The van der Waals surface area contributed by atoms with Gasteiger partial charge in [-0.15, -0.1) is 0 Å². The van der Waals surface area contributed by atoms with Gasteiger partial charge < -0.3 is 14.7 Å². The highest BCUT2D eigenvalue weighted by Crippen LogP contribution is 2.09. The molecule has 0 atom stereocenters. The third kappa shape index (κ3) is 4.56. The molecule has 0 spiro atoms. The topological polar surface area (TPSA) is 51.1 Å². The zero-order chi connectivity index (χ0) is 15.9. The van der Waals surface area contributed by atoms with Gasteiger partial charge >= 0.3 is 0 Å². The maximum absolute atomic E-state index is 4.68. The van der Waals surface area contributed by atoms with Gasteiger partial charge in [-0.3, -0.25) is 9.89 Å². The summed E-state index contributed by atoms with van der Waals surface area (Å²) in [6.45, 7) is 5.84. The Kier molecular flexibility index (Phi) is 5.94. The second-order valence-electron chi connectivity index (χ2n) is 5.85. The van der Waals surface area contributed by atoms with Gasteiger partial charge in [-0.25, -0.2) is 9.97 Å². The molecule has 7 heteroatoms. The van der Waals surface area contributed by atoms with Gasteiger partial charge in [0.05, 0.1) is 6.54 Å². The summed E-state index contributed by atoms with van der Waals surface area (Å²) in [4.78, 5) is 22.1. The van der Waals surface area contributed by atoms with Crippen LogP contribution < -0.4 is 4.90 Å². The average Bonchev–Trinajstić information content (AvgIpc) is 2.52. The molecule has 22 heavy (non-hydrogen) atoms. The third-order valence-corrected chi connectivity index (χ3v) is 3.68. The fraction of sp³-hybridized carbons (Fsp3) is 0.667. The Morgan fingerprint density at radius 2 is 1.64 bits per heavy atom. The van der Waals surface area contributed by atoms with E-state index < -0.39 is 0 Å². The minimum Gasteiger partial charge on any atom is -0.349 e. The molecule has 0 aromatic carbocycles. The minimum absolute atomic E-state index is 0.827. The van der Waals surface area contributed by atoms with Crippen LogP contribution in [0, 0.1) is 0 Å². The first kappa shape index (κ1) is 16.5. The minimum atomic E-state index is 0.827. The van der Waals surface area contributed by atoms with E-state index in [1.807, 2.05) is 44.1 Å². The van der Waals surface area contributed by atoms with Gasteiger partial charge in [0.1, 0.15) is 0 Å². The second kappa shape index (κ2) is 7.93. The molecule has 122 valence electrons. The Morgan fingerprint density at radius 1 is 1.05 bits per heavy atom. The van der Waals surface area contributed by atoms with Crippen LogP contribution in [0.25, 0.3) is 0 Å². The molecule has 0 saturated carbocycles. The van der Waals surface area contributed by atoms with Crippen LogP contribution in [0.2, 0.25) is 0 Å². The molecule has 1 aromatic heterocycles. The zero-order valence-corrected chi connectivity index (χ0v) is 14.1. The molecular formula is C15H27N7. The van der Waals surface area contributed by atoms with E-state index >= 15 is 0 Å². The normalized spacial score (nSPS) is 15.5. The predicted molar refractivity (Wildman–Crippen MR) is 90.4 cm³/mol. The number of hydrogen-bond donors (Lipinski definition) is 0. The number of aliphatic imine (C=N–C) groups is 1. The Bertz CT molecular complexity index is 454. The van der Waals surface area contributed by atoms with Gasteiger partial charge in [0, 0.05) is 73.3 Å². The lowest BCUT2D eigenvalue weighted by molar-refractivity contribution is 0.263. The Hall–Kier alpha value is -1.89. The van der Waals surface area contributed by atoms with Gasteiger partial charge in [-0.1, -0.05) is 0 Å². The van der Waals surface area contributed by atoms with Crippen LogP contribution in [-0.4, -0.2) is 98.1 Å². The Balaban J connectivity index is 1.77. The number of nitrogens with zero attached hydrogens (tertiary/aromatic N) is 7. The van der Waals surface area contributed by atoms with E-state index in [0.717, 1.165) is 51.2 Å². The SMILES string of the molecule is CN(C)C(=NCCN1CCN(c2ncccn2)CC1)N(C)C. The molecule has 0 radical (unpaired) electrons. The lowest BCUT2D eigenvalue weighted by Gasteiger charge is -2.34. The second-order valence-corrected chi connectivity index (χ2v) is 5.85. The molecule has 1 aromatic rings. The van der Waals surface area contributed by atoms with Crippen molar-refractivity contribution >= 4 is 11.9 Å². The van der Waals surface area contributed by atoms with Crippen molar-refractivity contribution in [1.29, 1.82) is 0 Å². The van der Waals surface area contributed by atoms with Crippen LogP contribution in [0.4, 0.5) is 5.95 Å². The number of hydrogen-bond acceptors (Lipinski definition) is 5. The monoisotopic (exact) mass is 305 g/mol. The van der Waals surface area contributed by atoms with E-state index in [1.165, 1.54) is 0 Å². The summed E-state index contributed by atoms with van der Waals surface area (Å²) in [5, 5.41) is 0. The lowest BCUT2D eigenvalue weighted by atomic mass is 10.3. The zero-order valence-electron chi connectivity index (χ0n) is 14.1. The number of piperazine rings is 1. The first-order valence-corrected chi connectivity index (χ1v) is 7.71. The van der Waals surface area contributed by atoms with Crippen molar-refractivity contribution < 1.29 is 0 Å². The lowest BCUT2D eigenvalue weighted by Crippen LogP contribution is -2.47. The maximum atomic E-state index is 4.68. The molecule has 0 N–H and O–H groups in total. The van der Waals surface area contributed by atoms with Gasteiger partial charge in [-0.05, 0) is 6.07 Å². The van der Waals surface area contributed by atoms with Gasteiger partial charge in [0.2, 0.25) is 5.95 Å². The van der Waals surface area contributed by atoms with Crippen molar-refractivity contribution in [2.24, 2.45) is 4.99 Å². The quantitative estimate of drug-likeness (QED) is 0.580. The molecule has 0 aliphatic carbocycles. The molecule has 0 bridgehead atoms. The summed E-state index contributed by atoms with van der Waals surface area (Å²) in [6.07, 6.45) is 3.60. The number of anilines is 1. The van der Waals surface area contributed by atoms with Crippen LogP contribution in [0.5, 0.6) is 0 Å². The number of guanidine groups is 1. The van der Waals surface area contributed by atoms with Crippen molar-refractivity contribution in [3.05, 3.63) is 18.5 Å². The van der Waals surface area contributed by atoms with Crippen molar-refractivity contribution in [1.82, 2.24) is 24.7 Å². The summed E-state index contributed by atoms with van der Waals surface area (Å²) >= 11 is 0. The molecular weight excluding hydrogens is 278 g/mol. The van der Waals surface area contributed by atoms with Crippen LogP contribution in [-0.2, 0) is 0 Å². The maximum Gasteiger partial charge on any atom is 0.225 e. The van der Waals surface area contributed by atoms with E-state index in [4.69, 9.17) is 0 Å². The highest BCUT2D eigenvalue weighted by molar-refractivity contribution is 5.79. The molecule has 2 heterocycles. The summed E-state index contributed by atoms with van der Waals surface area (Å²) in [6, 6.07) is 1.85. The van der Waals surface area contributed by atoms with E-state index in [-0.39, 0.29) is 0 Å². The van der Waals surface area contributed by atoms with Crippen molar-refractivity contribution in [2.45, 2.75) is 0 Å². The first-order valence-electron chi connectivity index (χ1n) is 7.71. The summed E-state index contributed by atoms with van der Waals surface area (Å²) in [7, 11) is 8.10. The Morgan fingerprint density at radius 3 is 2.18 bits per heavy atom. The van der Waals surface area contributed by atoms with Crippen molar-refractivity contribution in [2.75, 3.05) is 72.4 Å². The molecule has 1 saturated heterocycles. The third-order valence-electron chi connectivity index (χ3n) is 3.68. The van der Waals surface area contributed by atoms with Gasteiger partial charge in [0.25, 0.3) is 0 Å². The molecule has 1 fully saturated rings. The van der Waals surface area contributed by atoms with Crippen LogP contribution >= 0.6 is 0 Å². The average molecular weight is 305 g/mol. The highest BCUT2D eigenvalue weighted by atomic mass is 15.3. The van der Waals surface area contributed by atoms with E-state index in [0.29, 0.717) is 0 Å². The predicted octanol–water partition coefficient (Wildman–Crippen LogP) is 0.0778. The number of aromatic nitrogens is 2. The van der Waals surface area contributed by atoms with Crippen molar-refractivity contribution in [3.63, 3.8) is 0 Å². The molecule has 1 aliphatic heterocycles. The summed E-state index contributed by atoms with van der Waals surface area (Å²) < 4.78 is 0. The van der Waals surface area contributed by atoms with Crippen LogP contribution in [0.3, 0.4) is 0 Å². The molecule has 2 rings (SSSR count). The van der Waals surface area contributed by atoms with Gasteiger partial charge in [0.15, 0.2) is 5.96 Å². The first-order chi connectivity index (χ1) is 10.6. The fourth-order valence-corrected chi connectivity index (χ4v) is 2.60. The standard InChI is InChI=1S/C15H27N7/c1-19(2)15(20(3)4)18-8-9-21-10-12-22(13-11-21)14-16-6-5-7-17-14/h5-7H,8-13H2,1-4H3. The van der Waals surface area contributed by atoms with Crippen LogP contribution in [0.1, 0.15) is 0 Å². The van der Waals surface area contributed by atoms with Gasteiger partial charge in [-0.2, -0.15) is 0 Å². The number of rotatable bonds is 4. The summed E-state index contributed by atoms with van der Waals surface area (Å²) in [5.74, 6) is 1.85. The summed E-state index contributed by atoms with van der Waals surface area (Å²) in [5.41, 5.74) is 0. The molecule has 0 unspecified atom stereocenters. The Labute approximate surface area is 133 Å². The van der Waals surface area contributed by atoms with Crippen LogP contribution in [0.15, 0.2) is 23.5 Å². The van der Waals surface area contributed by atoms with E-state index in [9.17, 15) is 0 Å². The van der Waals surface area contributed by atoms with E-state index in [1.54, 1.807) is 12.4 Å². The fourth-order valence-electron chi connectivity index (χ4n) is 2.60. The highest BCUT2D eigenvalue weighted by Gasteiger charge is 2.18. The molecule has 0 amide bonds. The molecule has 1 aliphatic rings.